The summed E-state index contributed by atoms with van der Waals surface area (Å²) < 4.78 is 7.32. The van der Waals surface area contributed by atoms with Crippen LogP contribution in [0.2, 0.25) is 0 Å². The van der Waals surface area contributed by atoms with E-state index in [2.05, 4.69) is 32.9 Å². The molecule has 0 aliphatic carbocycles. The molecular formula is C13H10N4OS. The van der Waals surface area contributed by atoms with Gasteiger partial charge in [-0.05, 0) is 29.7 Å². The van der Waals surface area contributed by atoms with E-state index in [1.807, 2.05) is 22.9 Å². The Bertz CT molecular complexity index is 712. The summed E-state index contributed by atoms with van der Waals surface area (Å²) in [5.74, 6) is 1.58. The van der Waals surface area contributed by atoms with Crippen molar-refractivity contribution >= 4 is 23.0 Å². The normalized spacial score (nSPS) is 17.7. The van der Waals surface area contributed by atoms with Gasteiger partial charge in [0.05, 0.1) is 16.8 Å². The molecule has 0 spiro atoms. The van der Waals surface area contributed by atoms with E-state index in [9.17, 15) is 0 Å². The van der Waals surface area contributed by atoms with Crippen molar-refractivity contribution in [2.75, 3.05) is 5.32 Å². The Morgan fingerprint density at radius 2 is 2.32 bits per heavy atom. The van der Waals surface area contributed by atoms with E-state index in [1.165, 1.54) is 4.88 Å². The Hall–Kier alpha value is -2.34. The van der Waals surface area contributed by atoms with Gasteiger partial charge in [0, 0.05) is 0 Å². The van der Waals surface area contributed by atoms with Crippen molar-refractivity contribution in [2.24, 2.45) is 0 Å². The molecular weight excluding hydrogens is 260 g/mol. The highest BCUT2D eigenvalue weighted by molar-refractivity contribution is 7.11. The molecule has 0 aromatic carbocycles. The summed E-state index contributed by atoms with van der Waals surface area (Å²) in [5.41, 5.74) is 1.04. The number of aromatic nitrogens is 3. The van der Waals surface area contributed by atoms with Gasteiger partial charge in [-0.15, -0.1) is 11.3 Å². The molecule has 0 fully saturated rings. The van der Waals surface area contributed by atoms with Crippen molar-refractivity contribution < 1.29 is 4.42 Å². The highest BCUT2D eigenvalue weighted by atomic mass is 32.1. The van der Waals surface area contributed by atoms with Crippen molar-refractivity contribution in [2.45, 2.75) is 6.04 Å². The molecule has 0 saturated heterocycles. The van der Waals surface area contributed by atoms with Gasteiger partial charge in [0.25, 0.3) is 0 Å². The van der Waals surface area contributed by atoms with Crippen LogP contribution in [0.15, 0.2) is 52.7 Å². The average molecular weight is 270 g/mol. The standard InChI is InChI=1S/C13H10N4OS/c1-3-11(18-5-1)10-7-9(12-4-2-6-19-12)16-13-14-8-15-17(10)13/h1-8,10H,(H,14,15,16). The minimum atomic E-state index is -0.0640. The summed E-state index contributed by atoms with van der Waals surface area (Å²) >= 11 is 1.69. The number of allylic oxidation sites excluding steroid dienone is 1. The molecule has 3 aromatic heterocycles. The highest BCUT2D eigenvalue weighted by Gasteiger charge is 2.25. The second kappa shape index (κ2) is 4.10. The molecule has 0 saturated carbocycles. The quantitative estimate of drug-likeness (QED) is 0.777. The fourth-order valence-corrected chi connectivity index (χ4v) is 2.88. The molecule has 1 aliphatic rings. The average Bonchev–Trinajstić information content (AvgIpc) is 3.18. The summed E-state index contributed by atoms with van der Waals surface area (Å²) in [4.78, 5) is 5.41. The third-order valence-electron chi connectivity index (χ3n) is 3.03. The Balaban J connectivity index is 1.84. The van der Waals surface area contributed by atoms with Crippen molar-refractivity contribution in [3.8, 4) is 0 Å². The first-order valence-electron chi connectivity index (χ1n) is 5.87. The Labute approximate surface area is 113 Å². The van der Waals surface area contributed by atoms with Gasteiger partial charge in [0.15, 0.2) is 0 Å². The highest BCUT2D eigenvalue weighted by Crippen LogP contribution is 2.33. The van der Waals surface area contributed by atoms with Crippen LogP contribution in [-0.4, -0.2) is 14.8 Å². The first-order chi connectivity index (χ1) is 9.42. The first-order valence-corrected chi connectivity index (χ1v) is 6.75. The Kier molecular flexibility index (Phi) is 2.28. The summed E-state index contributed by atoms with van der Waals surface area (Å²) in [6.07, 6.45) is 5.32. The maximum atomic E-state index is 5.51. The second-order valence-corrected chi connectivity index (χ2v) is 5.12. The van der Waals surface area contributed by atoms with Crippen LogP contribution in [0, 0.1) is 0 Å². The molecule has 6 heteroatoms. The molecule has 0 amide bonds. The van der Waals surface area contributed by atoms with Crippen LogP contribution in [0.4, 0.5) is 5.95 Å². The number of thiophene rings is 1. The van der Waals surface area contributed by atoms with E-state index >= 15 is 0 Å². The van der Waals surface area contributed by atoms with Gasteiger partial charge in [-0.25, -0.2) is 4.68 Å². The van der Waals surface area contributed by atoms with Gasteiger partial charge in [-0.3, -0.25) is 0 Å². The summed E-state index contributed by atoms with van der Waals surface area (Å²) in [6, 6.07) is 7.88. The third kappa shape index (κ3) is 1.68. The zero-order valence-electron chi connectivity index (χ0n) is 9.85. The summed E-state index contributed by atoms with van der Waals surface area (Å²) in [5, 5.41) is 9.60. The van der Waals surface area contributed by atoms with E-state index in [-0.39, 0.29) is 6.04 Å². The number of hydrogen-bond donors (Lipinski definition) is 1. The SMILES string of the molecule is C1=C(c2cccs2)Nc2ncnn2C1c1ccco1. The number of hydrogen-bond acceptors (Lipinski definition) is 5. The molecule has 1 aliphatic heterocycles. The van der Waals surface area contributed by atoms with Gasteiger partial charge in [0.2, 0.25) is 5.95 Å². The zero-order chi connectivity index (χ0) is 12.7. The molecule has 4 heterocycles. The molecule has 3 aromatic rings. The number of anilines is 1. The smallest absolute Gasteiger partial charge is 0.226 e. The van der Waals surface area contributed by atoms with Crippen LogP contribution in [0.1, 0.15) is 16.7 Å². The van der Waals surface area contributed by atoms with E-state index in [0.29, 0.717) is 0 Å². The van der Waals surface area contributed by atoms with E-state index in [4.69, 9.17) is 4.42 Å². The monoisotopic (exact) mass is 270 g/mol. The lowest BCUT2D eigenvalue weighted by atomic mass is 10.1. The number of furan rings is 1. The lowest BCUT2D eigenvalue weighted by Crippen LogP contribution is -2.19. The van der Waals surface area contributed by atoms with Crippen LogP contribution in [0.25, 0.3) is 5.70 Å². The van der Waals surface area contributed by atoms with Gasteiger partial charge in [0.1, 0.15) is 18.1 Å². The lowest BCUT2D eigenvalue weighted by molar-refractivity contribution is 0.448. The lowest BCUT2D eigenvalue weighted by Gasteiger charge is -2.21. The van der Waals surface area contributed by atoms with E-state index in [0.717, 1.165) is 17.4 Å². The van der Waals surface area contributed by atoms with E-state index < -0.39 is 0 Å². The molecule has 5 nitrogen and oxygen atoms in total. The van der Waals surface area contributed by atoms with Crippen LogP contribution in [0.3, 0.4) is 0 Å². The summed E-state index contributed by atoms with van der Waals surface area (Å²) in [7, 11) is 0. The minimum absolute atomic E-state index is 0.0640. The number of nitrogens with zero attached hydrogens (tertiary/aromatic N) is 3. The van der Waals surface area contributed by atoms with Gasteiger partial charge >= 0.3 is 0 Å². The molecule has 94 valence electrons. The zero-order valence-corrected chi connectivity index (χ0v) is 10.7. The van der Waals surface area contributed by atoms with Crippen molar-refractivity contribution in [3.05, 3.63) is 58.9 Å². The maximum Gasteiger partial charge on any atom is 0.226 e. The van der Waals surface area contributed by atoms with Crippen LogP contribution in [-0.2, 0) is 0 Å². The predicted molar refractivity (Wildman–Crippen MR) is 72.8 cm³/mol. The van der Waals surface area contributed by atoms with Crippen molar-refractivity contribution in [1.29, 1.82) is 0 Å². The first kappa shape index (κ1) is 10.6. The molecule has 4 rings (SSSR count). The fraction of sp³-hybridized carbons (Fsp3) is 0.0769. The molecule has 0 bridgehead atoms. The number of nitrogens with one attached hydrogen (secondary N) is 1. The second-order valence-electron chi connectivity index (χ2n) is 4.17. The minimum Gasteiger partial charge on any atom is -0.467 e. The fourth-order valence-electron chi connectivity index (χ4n) is 2.17. The Morgan fingerprint density at radius 1 is 1.32 bits per heavy atom. The van der Waals surface area contributed by atoms with Crippen LogP contribution in [0.5, 0.6) is 0 Å². The van der Waals surface area contributed by atoms with Gasteiger partial charge in [-0.1, -0.05) is 6.07 Å². The van der Waals surface area contributed by atoms with Crippen LogP contribution >= 0.6 is 11.3 Å². The topological polar surface area (TPSA) is 55.9 Å². The molecule has 1 atom stereocenters. The molecule has 1 unspecified atom stereocenters. The van der Waals surface area contributed by atoms with Gasteiger partial charge in [-0.2, -0.15) is 10.1 Å². The molecule has 19 heavy (non-hydrogen) atoms. The number of rotatable bonds is 2. The largest absolute Gasteiger partial charge is 0.467 e. The van der Waals surface area contributed by atoms with Crippen molar-refractivity contribution in [1.82, 2.24) is 14.8 Å². The number of fused-ring (bicyclic) bond motifs is 1. The molecule has 0 radical (unpaired) electrons. The van der Waals surface area contributed by atoms with Crippen molar-refractivity contribution in [3.63, 3.8) is 0 Å². The van der Waals surface area contributed by atoms with Gasteiger partial charge < -0.3 is 9.73 Å². The third-order valence-corrected chi connectivity index (χ3v) is 3.93. The maximum absolute atomic E-state index is 5.51. The summed E-state index contributed by atoms with van der Waals surface area (Å²) in [6.45, 7) is 0. The Morgan fingerprint density at radius 3 is 3.11 bits per heavy atom. The van der Waals surface area contributed by atoms with Crippen LogP contribution < -0.4 is 5.32 Å². The van der Waals surface area contributed by atoms with E-state index in [1.54, 1.807) is 23.9 Å². The molecule has 1 N–H and O–H groups in total. The predicted octanol–water partition coefficient (Wildman–Crippen LogP) is 2.99.